The van der Waals surface area contributed by atoms with E-state index in [1.54, 1.807) is 26.2 Å². The lowest BCUT2D eigenvalue weighted by atomic mass is 9.87. The van der Waals surface area contributed by atoms with Crippen molar-refractivity contribution in [1.82, 2.24) is 0 Å². The molecule has 21 heavy (non-hydrogen) atoms. The summed E-state index contributed by atoms with van der Waals surface area (Å²) in [6.45, 7) is 7.83. The van der Waals surface area contributed by atoms with Crippen LogP contribution in [0.4, 0.5) is 5.69 Å². The standard InChI is InChI=1S/C16H24ClNO3/c1-6-21-14(19)16(4,11-15(2,3)20-5)18-13-9-7-12(17)8-10-13/h7-10,18H,6,11H2,1-5H3. The summed E-state index contributed by atoms with van der Waals surface area (Å²) in [6.07, 6.45) is 0.470. The fraction of sp³-hybridized carbons (Fsp3) is 0.562. The average molecular weight is 314 g/mol. The van der Waals surface area contributed by atoms with Crippen molar-refractivity contribution in [2.45, 2.75) is 45.3 Å². The van der Waals surface area contributed by atoms with Crippen molar-refractivity contribution in [2.75, 3.05) is 19.0 Å². The summed E-state index contributed by atoms with van der Waals surface area (Å²) < 4.78 is 10.7. The van der Waals surface area contributed by atoms with Crippen LogP contribution in [0.15, 0.2) is 24.3 Å². The van der Waals surface area contributed by atoms with E-state index < -0.39 is 11.1 Å². The van der Waals surface area contributed by atoms with Crippen LogP contribution >= 0.6 is 11.6 Å². The first-order chi connectivity index (χ1) is 9.72. The summed E-state index contributed by atoms with van der Waals surface area (Å²) in [5, 5.41) is 3.89. The highest BCUT2D eigenvalue weighted by Gasteiger charge is 2.40. The van der Waals surface area contributed by atoms with E-state index in [0.29, 0.717) is 18.1 Å². The molecule has 0 aliphatic carbocycles. The summed E-state index contributed by atoms with van der Waals surface area (Å²) >= 11 is 5.88. The zero-order valence-electron chi connectivity index (χ0n) is 13.3. The van der Waals surface area contributed by atoms with Gasteiger partial charge < -0.3 is 14.8 Å². The van der Waals surface area contributed by atoms with Gasteiger partial charge in [0.15, 0.2) is 0 Å². The van der Waals surface area contributed by atoms with Crippen LogP contribution in [0.3, 0.4) is 0 Å². The Labute approximate surface area is 131 Å². The van der Waals surface area contributed by atoms with Crippen LogP contribution < -0.4 is 5.32 Å². The Kier molecular flexibility index (Phi) is 6.05. The quantitative estimate of drug-likeness (QED) is 0.776. The summed E-state index contributed by atoms with van der Waals surface area (Å²) in [7, 11) is 1.63. The van der Waals surface area contributed by atoms with Crippen LogP contribution in [-0.2, 0) is 14.3 Å². The lowest BCUT2D eigenvalue weighted by Crippen LogP contribution is -2.50. The number of methoxy groups -OCH3 is 1. The predicted octanol–water partition coefficient (Wildman–Crippen LogP) is 3.89. The Bertz CT molecular complexity index is 473. The SMILES string of the molecule is CCOC(=O)C(C)(CC(C)(C)OC)Nc1ccc(Cl)cc1. The minimum absolute atomic E-state index is 0.301. The van der Waals surface area contributed by atoms with Crippen LogP contribution in [0.2, 0.25) is 5.02 Å². The highest BCUT2D eigenvalue weighted by atomic mass is 35.5. The molecule has 1 rings (SSSR count). The Hall–Kier alpha value is -1.26. The Morgan fingerprint density at radius 3 is 2.29 bits per heavy atom. The number of carbonyl (C=O) groups is 1. The van der Waals surface area contributed by atoms with Gasteiger partial charge in [-0.05, 0) is 52.0 Å². The normalized spacial score (nSPS) is 14.4. The largest absolute Gasteiger partial charge is 0.464 e. The van der Waals surface area contributed by atoms with E-state index in [4.69, 9.17) is 21.1 Å². The number of hydrogen-bond donors (Lipinski definition) is 1. The Morgan fingerprint density at radius 2 is 1.81 bits per heavy atom. The van der Waals surface area contributed by atoms with E-state index in [1.165, 1.54) is 0 Å². The molecule has 0 aromatic heterocycles. The number of anilines is 1. The van der Waals surface area contributed by atoms with Crippen LogP contribution in [0, 0.1) is 0 Å². The third-order valence-electron chi connectivity index (χ3n) is 3.32. The topological polar surface area (TPSA) is 47.6 Å². The van der Waals surface area contributed by atoms with Gasteiger partial charge in [-0.15, -0.1) is 0 Å². The molecule has 1 aromatic carbocycles. The van der Waals surface area contributed by atoms with Gasteiger partial charge >= 0.3 is 5.97 Å². The van der Waals surface area contributed by atoms with Crippen LogP contribution in [0.1, 0.15) is 34.1 Å². The first kappa shape index (κ1) is 17.8. The smallest absolute Gasteiger partial charge is 0.331 e. The van der Waals surface area contributed by atoms with E-state index in [-0.39, 0.29) is 5.97 Å². The van der Waals surface area contributed by atoms with Gasteiger partial charge in [-0.1, -0.05) is 11.6 Å². The van der Waals surface area contributed by atoms with Crippen molar-refractivity contribution in [3.05, 3.63) is 29.3 Å². The maximum atomic E-state index is 12.4. The molecule has 0 fully saturated rings. The molecular weight excluding hydrogens is 290 g/mol. The molecule has 0 aliphatic heterocycles. The van der Waals surface area contributed by atoms with Crippen LogP contribution in [-0.4, -0.2) is 30.8 Å². The van der Waals surface area contributed by atoms with Gasteiger partial charge in [0, 0.05) is 24.2 Å². The zero-order chi connectivity index (χ0) is 16.1. The van der Waals surface area contributed by atoms with Gasteiger partial charge in [0.05, 0.1) is 12.2 Å². The van der Waals surface area contributed by atoms with E-state index in [2.05, 4.69) is 5.32 Å². The molecule has 0 spiro atoms. The van der Waals surface area contributed by atoms with Crippen molar-refractivity contribution in [1.29, 1.82) is 0 Å². The predicted molar refractivity (Wildman–Crippen MR) is 85.8 cm³/mol. The third-order valence-corrected chi connectivity index (χ3v) is 3.57. The monoisotopic (exact) mass is 313 g/mol. The van der Waals surface area contributed by atoms with Gasteiger partial charge in [-0.25, -0.2) is 4.79 Å². The van der Waals surface area contributed by atoms with Crippen molar-refractivity contribution in [3.8, 4) is 0 Å². The van der Waals surface area contributed by atoms with Crippen molar-refractivity contribution in [3.63, 3.8) is 0 Å². The second kappa shape index (κ2) is 7.14. The number of benzene rings is 1. The molecule has 0 saturated carbocycles. The molecule has 118 valence electrons. The molecule has 0 amide bonds. The maximum Gasteiger partial charge on any atom is 0.331 e. The highest BCUT2D eigenvalue weighted by Crippen LogP contribution is 2.28. The maximum absolute atomic E-state index is 12.4. The van der Waals surface area contributed by atoms with Gasteiger partial charge in [0.2, 0.25) is 0 Å². The first-order valence-electron chi connectivity index (χ1n) is 6.98. The Balaban J connectivity index is 3.00. The van der Waals surface area contributed by atoms with Gasteiger partial charge in [0.25, 0.3) is 0 Å². The lowest BCUT2D eigenvalue weighted by Gasteiger charge is -2.36. The van der Waals surface area contributed by atoms with E-state index in [0.717, 1.165) is 5.69 Å². The molecule has 1 atom stereocenters. The molecule has 0 heterocycles. The zero-order valence-corrected chi connectivity index (χ0v) is 14.1. The minimum Gasteiger partial charge on any atom is -0.464 e. The number of esters is 1. The number of hydrogen-bond acceptors (Lipinski definition) is 4. The number of rotatable bonds is 7. The molecular formula is C16H24ClNO3. The number of carbonyl (C=O) groups excluding carboxylic acids is 1. The summed E-state index contributed by atoms with van der Waals surface area (Å²) in [6, 6.07) is 7.22. The summed E-state index contributed by atoms with van der Waals surface area (Å²) in [5.41, 5.74) is -0.536. The number of ether oxygens (including phenoxy) is 2. The van der Waals surface area contributed by atoms with E-state index >= 15 is 0 Å². The second-order valence-electron chi connectivity index (χ2n) is 5.83. The molecule has 0 saturated heterocycles. The lowest BCUT2D eigenvalue weighted by molar-refractivity contribution is -0.150. The molecule has 0 radical (unpaired) electrons. The average Bonchev–Trinajstić information content (AvgIpc) is 2.41. The molecule has 1 aromatic rings. The number of halogens is 1. The van der Waals surface area contributed by atoms with Crippen LogP contribution in [0.25, 0.3) is 0 Å². The third kappa shape index (κ3) is 5.21. The van der Waals surface area contributed by atoms with Gasteiger partial charge in [-0.3, -0.25) is 0 Å². The van der Waals surface area contributed by atoms with Gasteiger partial charge in [-0.2, -0.15) is 0 Å². The molecule has 1 unspecified atom stereocenters. The summed E-state index contributed by atoms with van der Waals surface area (Å²) in [5.74, 6) is -0.301. The van der Waals surface area contributed by atoms with Crippen molar-refractivity contribution >= 4 is 23.3 Å². The summed E-state index contributed by atoms with van der Waals surface area (Å²) in [4.78, 5) is 12.4. The molecule has 4 nitrogen and oxygen atoms in total. The second-order valence-corrected chi connectivity index (χ2v) is 6.26. The first-order valence-corrected chi connectivity index (χ1v) is 7.36. The fourth-order valence-electron chi connectivity index (χ4n) is 2.23. The van der Waals surface area contributed by atoms with Crippen molar-refractivity contribution in [2.24, 2.45) is 0 Å². The van der Waals surface area contributed by atoms with Crippen molar-refractivity contribution < 1.29 is 14.3 Å². The molecule has 5 heteroatoms. The molecule has 0 aliphatic rings. The Morgan fingerprint density at radius 1 is 1.24 bits per heavy atom. The fourth-order valence-corrected chi connectivity index (χ4v) is 2.36. The molecule has 1 N–H and O–H groups in total. The minimum atomic E-state index is -0.886. The highest BCUT2D eigenvalue weighted by molar-refractivity contribution is 6.30. The van der Waals surface area contributed by atoms with Crippen LogP contribution in [0.5, 0.6) is 0 Å². The molecule has 0 bridgehead atoms. The van der Waals surface area contributed by atoms with E-state index in [1.807, 2.05) is 32.9 Å². The number of nitrogens with one attached hydrogen (secondary N) is 1. The van der Waals surface area contributed by atoms with E-state index in [9.17, 15) is 4.79 Å². The van der Waals surface area contributed by atoms with Gasteiger partial charge in [0.1, 0.15) is 5.54 Å².